The number of hydrogen-bond acceptors (Lipinski definition) is 7. The highest BCUT2D eigenvalue weighted by molar-refractivity contribution is 6.01. The minimum absolute atomic E-state index is 0.0600. The van der Waals surface area contributed by atoms with Gasteiger partial charge in [0.2, 0.25) is 5.90 Å². The van der Waals surface area contributed by atoms with Gasteiger partial charge in [-0.25, -0.2) is 10.4 Å². The third-order valence-corrected chi connectivity index (χ3v) is 5.82. The Morgan fingerprint density at radius 1 is 1.31 bits per heavy atom. The Morgan fingerprint density at radius 2 is 2.09 bits per heavy atom. The molecule has 1 aliphatic carbocycles. The van der Waals surface area contributed by atoms with E-state index in [4.69, 9.17) is 25.1 Å². The molecule has 1 fully saturated rings. The molecule has 2 aromatic rings. The molecular formula is C25H28N6O4. The van der Waals surface area contributed by atoms with E-state index in [2.05, 4.69) is 27.5 Å². The van der Waals surface area contributed by atoms with Crippen LogP contribution in [0.5, 0.6) is 5.75 Å². The van der Waals surface area contributed by atoms with Crippen LogP contribution in [-0.4, -0.2) is 41.7 Å². The molecule has 0 bridgehead atoms. The van der Waals surface area contributed by atoms with Gasteiger partial charge in [-0.2, -0.15) is 0 Å². The van der Waals surface area contributed by atoms with Gasteiger partial charge in [0.05, 0.1) is 6.61 Å². The molecular weight excluding hydrogens is 448 g/mol. The summed E-state index contributed by atoms with van der Waals surface area (Å²) in [4.78, 5) is 21.3. The molecule has 0 spiro atoms. The first-order valence-electron chi connectivity index (χ1n) is 11.5. The van der Waals surface area contributed by atoms with Gasteiger partial charge < -0.3 is 14.6 Å². The minimum atomic E-state index is -1.36. The van der Waals surface area contributed by atoms with Gasteiger partial charge >= 0.3 is 0 Å². The number of nitrogens with one attached hydrogen (secondary N) is 2. The molecule has 0 unspecified atom stereocenters. The van der Waals surface area contributed by atoms with E-state index < -0.39 is 11.6 Å². The molecule has 3 N–H and O–H groups in total. The summed E-state index contributed by atoms with van der Waals surface area (Å²) in [5, 5.41) is 12.7. The maximum Gasteiger partial charge on any atom is 0.266 e. The lowest BCUT2D eigenvalue weighted by atomic mass is 9.84. The molecule has 1 aliphatic heterocycles. The molecule has 182 valence electrons. The van der Waals surface area contributed by atoms with E-state index in [0.717, 1.165) is 12.8 Å². The van der Waals surface area contributed by atoms with Crippen LogP contribution in [0.15, 0.2) is 71.3 Å². The van der Waals surface area contributed by atoms with Crippen molar-refractivity contribution >= 4 is 17.5 Å². The van der Waals surface area contributed by atoms with Crippen molar-refractivity contribution in [2.75, 3.05) is 13.2 Å². The van der Waals surface area contributed by atoms with Crippen LogP contribution in [-0.2, 0) is 9.53 Å². The second-order valence-electron chi connectivity index (χ2n) is 8.40. The molecule has 1 saturated carbocycles. The first-order chi connectivity index (χ1) is 17.1. The predicted molar refractivity (Wildman–Crippen MR) is 131 cm³/mol. The molecule has 10 nitrogen and oxygen atoms in total. The summed E-state index contributed by atoms with van der Waals surface area (Å²) < 4.78 is 11.9. The van der Waals surface area contributed by atoms with Crippen LogP contribution in [0.1, 0.15) is 42.9 Å². The van der Waals surface area contributed by atoms with Crippen molar-refractivity contribution in [1.82, 2.24) is 10.9 Å². The average molecular weight is 477 g/mol. The maximum absolute atomic E-state index is 13.6. The Balaban J connectivity index is 1.71. The number of carbonyl (C=O) groups is 1. The van der Waals surface area contributed by atoms with Gasteiger partial charge in [0, 0.05) is 47.2 Å². The second kappa shape index (κ2) is 11.1. The van der Waals surface area contributed by atoms with Crippen molar-refractivity contribution in [3.63, 3.8) is 0 Å². The van der Waals surface area contributed by atoms with Gasteiger partial charge in [-0.3, -0.25) is 10.2 Å². The Kier molecular flexibility index (Phi) is 7.67. The second-order valence-corrected chi connectivity index (χ2v) is 8.40. The molecule has 2 aliphatic rings. The van der Waals surface area contributed by atoms with Crippen molar-refractivity contribution in [1.29, 1.82) is 0 Å². The fourth-order valence-corrected chi connectivity index (χ4v) is 3.86. The summed E-state index contributed by atoms with van der Waals surface area (Å²) in [6, 6.07) is 14.4. The highest BCUT2D eigenvalue weighted by Gasteiger charge is 2.53. The van der Waals surface area contributed by atoms with E-state index >= 15 is 0 Å². The number of hydrazine groups is 1. The zero-order valence-corrected chi connectivity index (χ0v) is 19.3. The quantitative estimate of drug-likeness (QED) is 0.106. The molecule has 2 atom stereocenters. The Bertz CT molecular complexity index is 1140. The summed E-state index contributed by atoms with van der Waals surface area (Å²) in [5.74, 6) is 0.579. The molecule has 0 saturated heterocycles. The van der Waals surface area contributed by atoms with Crippen molar-refractivity contribution in [2.45, 2.75) is 43.4 Å². The lowest BCUT2D eigenvalue weighted by Gasteiger charge is -2.30. The number of benzene rings is 2. The normalized spacial score (nSPS) is 20.8. The predicted octanol–water partition coefficient (Wildman–Crippen LogP) is 4.01. The highest BCUT2D eigenvalue weighted by atomic mass is 16.5. The van der Waals surface area contributed by atoms with E-state index in [1.165, 1.54) is 0 Å². The number of hydrogen-bond donors (Lipinski definition) is 3. The van der Waals surface area contributed by atoms with E-state index in [0.29, 0.717) is 35.6 Å². The zero-order valence-electron chi connectivity index (χ0n) is 19.3. The standard InChI is InChI=1S/C25H28N6O4/c1-2-14-25(24(33)30-28-18-10-11-18)22(20-6-3-4-7-21(20)29-31-26)35-23(27-25)17-8-12-19(13-9-17)34-16-5-15-32/h2-4,6-9,12-13,18,22,28,32H,1,5,10-11,14-16H2,(H,30,33)/t22-,25-/m0/s1. The topological polar surface area (TPSA) is 141 Å². The van der Waals surface area contributed by atoms with Crippen molar-refractivity contribution in [2.24, 2.45) is 10.1 Å². The molecule has 0 radical (unpaired) electrons. The summed E-state index contributed by atoms with van der Waals surface area (Å²) in [6.07, 6.45) is 3.52. The van der Waals surface area contributed by atoms with Gasteiger partial charge in [0.25, 0.3) is 5.91 Å². The number of azide groups is 1. The monoisotopic (exact) mass is 476 g/mol. The largest absolute Gasteiger partial charge is 0.494 e. The summed E-state index contributed by atoms with van der Waals surface area (Å²) in [6.45, 7) is 4.31. The van der Waals surface area contributed by atoms with Crippen LogP contribution in [0.3, 0.4) is 0 Å². The number of carbonyl (C=O) groups excluding carboxylic acids is 1. The zero-order chi connectivity index (χ0) is 24.7. The van der Waals surface area contributed by atoms with Crippen LogP contribution in [0, 0.1) is 0 Å². The third kappa shape index (κ3) is 5.46. The number of aliphatic hydroxyl groups excluding tert-OH is 1. The van der Waals surface area contributed by atoms with E-state index in [1.807, 2.05) is 0 Å². The van der Waals surface area contributed by atoms with Crippen LogP contribution >= 0.6 is 0 Å². The Hall–Kier alpha value is -3.85. The highest BCUT2D eigenvalue weighted by Crippen LogP contribution is 2.45. The molecule has 35 heavy (non-hydrogen) atoms. The number of aliphatic hydroxyl groups is 1. The first-order valence-corrected chi connectivity index (χ1v) is 11.5. The molecule has 10 heteroatoms. The van der Waals surface area contributed by atoms with Crippen molar-refractivity contribution in [3.05, 3.63) is 82.8 Å². The van der Waals surface area contributed by atoms with Crippen LogP contribution in [0.25, 0.3) is 10.4 Å². The fourth-order valence-electron chi connectivity index (χ4n) is 3.86. The van der Waals surface area contributed by atoms with Gasteiger partial charge in [0.1, 0.15) is 5.75 Å². The smallest absolute Gasteiger partial charge is 0.266 e. The molecule has 1 amide bonds. The Labute approximate surface area is 203 Å². The number of ether oxygens (including phenoxy) is 2. The SMILES string of the molecule is C=CC[C@]1(C(=O)NNC2CC2)N=C(c2ccc(OCCCO)cc2)O[C@H]1c1ccccc1N=[N+]=[N-]. The fraction of sp³-hybridized carbons (Fsp3) is 0.360. The van der Waals surface area contributed by atoms with Gasteiger partial charge in [-0.05, 0) is 42.6 Å². The number of aliphatic imine (C=N–C) groups is 1. The van der Waals surface area contributed by atoms with Gasteiger partial charge in [-0.1, -0.05) is 35.5 Å². The maximum atomic E-state index is 13.6. The van der Waals surface area contributed by atoms with Crippen molar-refractivity contribution in [3.8, 4) is 5.75 Å². The lowest BCUT2D eigenvalue weighted by Crippen LogP contribution is -2.53. The molecule has 0 aromatic heterocycles. The first kappa shape index (κ1) is 24.3. The van der Waals surface area contributed by atoms with Crippen molar-refractivity contribution < 1.29 is 19.4 Å². The number of rotatable bonds is 12. The third-order valence-electron chi connectivity index (χ3n) is 5.82. The average Bonchev–Trinajstić information content (AvgIpc) is 3.63. The van der Waals surface area contributed by atoms with Gasteiger partial charge in [0.15, 0.2) is 11.6 Å². The van der Waals surface area contributed by atoms with E-state index in [1.54, 1.807) is 54.6 Å². The molecule has 1 heterocycles. The minimum Gasteiger partial charge on any atom is -0.494 e. The van der Waals surface area contributed by atoms with Crippen LogP contribution in [0.2, 0.25) is 0 Å². The van der Waals surface area contributed by atoms with Gasteiger partial charge in [-0.15, -0.1) is 6.58 Å². The summed E-state index contributed by atoms with van der Waals surface area (Å²) >= 11 is 0. The van der Waals surface area contributed by atoms with Crippen LogP contribution < -0.4 is 15.6 Å². The Morgan fingerprint density at radius 3 is 2.77 bits per heavy atom. The van der Waals surface area contributed by atoms with Crippen LogP contribution in [0.4, 0.5) is 5.69 Å². The van der Waals surface area contributed by atoms with E-state index in [9.17, 15) is 4.79 Å². The summed E-state index contributed by atoms with van der Waals surface area (Å²) in [5.41, 5.74) is 15.1. The summed E-state index contributed by atoms with van der Waals surface area (Å²) in [7, 11) is 0. The number of nitrogens with zero attached hydrogens (tertiary/aromatic N) is 4. The molecule has 2 aromatic carbocycles. The lowest BCUT2D eigenvalue weighted by molar-refractivity contribution is -0.129. The molecule has 4 rings (SSSR count). The van der Waals surface area contributed by atoms with E-state index in [-0.39, 0.29) is 30.9 Å². The number of amides is 1.